The summed E-state index contributed by atoms with van der Waals surface area (Å²) in [6, 6.07) is 18.0. The van der Waals surface area contributed by atoms with E-state index in [1.807, 2.05) is 48.5 Å². The summed E-state index contributed by atoms with van der Waals surface area (Å²) >= 11 is 1.52. The molecule has 0 aliphatic carbocycles. The minimum absolute atomic E-state index is 0.602. The van der Waals surface area contributed by atoms with Crippen LogP contribution in [-0.2, 0) is 5.75 Å². The molecule has 130 valence electrons. The number of aromatic nitrogens is 5. The molecule has 0 aliphatic heterocycles. The van der Waals surface area contributed by atoms with Crippen molar-refractivity contribution in [1.82, 2.24) is 25.4 Å². The zero-order valence-electron chi connectivity index (χ0n) is 14.5. The fourth-order valence-corrected chi connectivity index (χ4v) is 3.41. The largest absolute Gasteiger partial charge is 0.360 e. The Labute approximate surface area is 155 Å². The highest BCUT2D eigenvalue weighted by atomic mass is 32.2. The summed E-state index contributed by atoms with van der Waals surface area (Å²) in [6.07, 6.45) is 0. The lowest BCUT2D eigenvalue weighted by atomic mass is 10.1. The third kappa shape index (κ3) is 3.25. The molecule has 2 aromatic heterocycles. The van der Waals surface area contributed by atoms with Crippen molar-refractivity contribution in [1.29, 1.82) is 0 Å². The van der Waals surface area contributed by atoms with Crippen LogP contribution in [0.15, 0.2) is 64.3 Å². The molecule has 0 N–H and O–H groups in total. The second kappa shape index (κ2) is 7.13. The van der Waals surface area contributed by atoms with Crippen molar-refractivity contribution in [2.24, 2.45) is 0 Å². The molecule has 0 unspecified atom stereocenters. The second-order valence-electron chi connectivity index (χ2n) is 5.93. The molecule has 0 radical (unpaired) electrons. The number of benzene rings is 2. The van der Waals surface area contributed by atoms with Crippen molar-refractivity contribution in [3.05, 3.63) is 71.5 Å². The molecule has 2 heterocycles. The summed E-state index contributed by atoms with van der Waals surface area (Å²) in [6.45, 7) is 4.15. The standard InChI is InChI=1S/C19H17N5OS/c1-13-7-6-10-18(14(13)2)24-19(20-22-23-24)26-12-16-11-17(21-25-16)15-8-4-3-5-9-15/h3-11H,12H2,1-2H3. The molecule has 0 amide bonds. The van der Waals surface area contributed by atoms with E-state index in [0.717, 1.165) is 33.4 Å². The van der Waals surface area contributed by atoms with Crippen molar-refractivity contribution in [2.45, 2.75) is 24.8 Å². The van der Waals surface area contributed by atoms with E-state index >= 15 is 0 Å². The lowest BCUT2D eigenvalue weighted by Gasteiger charge is -2.09. The van der Waals surface area contributed by atoms with Gasteiger partial charge in [-0.15, -0.1) is 5.10 Å². The average Bonchev–Trinajstić information content (AvgIpc) is 3.32. The van der Waals surface area contributed by atoms with Crippen molar-refractivity contribution < 1.29 is 4.52 Å². The lowest BCUT2D eigenvalue weighted by Crippen LogP contribution is -2.02. The summed E-state index contributed by atoms with van der Waals surface area (Å²) in [4.78, 5) is 0. The predicted molar refractivity (Wildman–Crippen MR) is 100 cm³/mol. The number of tetrazole rings is 1. The van der Waals surface area contributed by atoms with Gasteiger partial charge in [0.05, 0.1) is 11.4 Å². The summed E-state index contributed by atoms with van der Waals surface area (Å²) in [7, 11) is 0. The highest BCUT2D eigenvalue weighted by molar-refractivity contribution is 7.98. The third-order valence-electron chi connectivity index (χ3n) is 4.22. The molecule has 4 rings (SSSR count). The molecule has 0 atom stereocenters. The topological polar surface area (TPSA) is 69.6 Å². The molecule has 26 heavy (non-hydrogen) atoms. The predicted octanol–water partition coefficient (Wildman–Crippen LogP) is 4.23. The molecule has 0 saturated carbocycles. The van der Waals surface area contributed by atoms with Gasteiger partial charge in [-0.3, -0.25) is 0 Å². The van der Waals surface area contributed by atoms with Crippen molar-refractivity contribution in [2.75, 3.05) is 0 Å². The third-order valence-corrected chi connectivity index (χ3v) is 5.16. The normalized spacial score (nSPS) is 11.0. The fraction of sp³-hybridized carbons (Fsp3) is 0.158. The van der Waals surface area contributed by atoms with Gasteiger partial charge in [0.2, 0.25) is 5.16 Å². The molecule has 0 aliphatic rings. The zero-order valence-corrected chi connectivity index (χ0v) is 15.3. The highest BCUT2D eigenvalue weighted by Crippen LogP contribution is 2.26. The first-order chi connectivity index (χ1) is 12.7. The number of aryl methyl sites for hydroxylation is 1. The van der Waals surface area contributed by atoms with Gasteiger partial charge in [0.1, 0.15) is 11.5 Å². The maximum absolute atomic E-state index is 5.46. The van der Waals surface area contributed by atoms with Crippen LogP contribution in [0.3, 0.4) is 0 Å². The Morgan fingerprint density at radius 3 is 2.73 bits per heavy atom. The Kier molecular flexibility index (Phi) is 4.53. The van der Waals surface area contributed by atoms with Crippen molar-refractivity contribution >= 4 is 11.8 Å². The van der Waals surface area contributed by atoms with Gasteiger partial charge >= 0.3 is 0 Å². The minimum Gasteiger partial charge on any atom is -0.360 e. The van der Waals surface area contributed by atoms with E-state index in [4.69, 9.17) is 4.52 Å². The Hall–Kier alpha value is -2.93. The van der Waals surface area contributed by atoms with E-state index in [1.54, 1.807) is 4.68 Å². The van der Waals surface area contributed by atoms with Crippen LogP contribution in [0.4, 0.5) is 0 Å². The first-order valence-corrected chi connectivity index (χ1v) is 9.20. The summed E-state index contributed by atoms with van der Waals surface area (Å²) in [5, 5.41) is 17.0. The van der Waals surface area contributed by atoms with Gasteiger partial charge < -0.3 is 4.52 Å². The monoisotopic (exact) mass is 363 g/mol. The summed E-state index contributed by atoms with van der Waals surface area (Å²) in [5.74, 6) is 1.38. The molecular formula is C19H17N5OS. The van der Waals surface area contributed by atoms with Crippen LogP contribution in [0.2, 0.25) is 0 Å². The number of thioether (sulfide) groups is 1. The van der Waals surface area contributed by atoms with Crippen LogP contribution >= 0.6 is 11.8 Å². The van der Waals surface area contributed by atoms with Gasteiger partial charge in [0, 0.05) is 11.6 Å². The van der Waals surface area contributed by atoms with Gasteiger partial charge in [-0.1, -0.05) is 59.4 Å². The molecule has 2 aromatic carbocycles. The molecular weight excluding hydrogens is 346 g/mol. The quantitative estimate of drug-likeness (QED) is 0.494. The van der Waals surface area contributed by atoms with Gasteiger partial charge in [0.25, 0.3) is 0 Å². The average molecular weight is 363 g/mol. The van der Waals surface area contributed by atoms with Crippen LogP contribution in [0, 0.1) is 13.8 Å². The molecule has 0 bridgehead atoms. The van der Waals surface area contributed by atoms with E-state index < -0.39 is 0 Å². The van der Waals surface area contributed by atoms with Crippen LogP contribution in [0.1, 0.15) is 16.9 Å². The number of nitrogens with zero attached hydrogens (tertiary/aromatic N) is 5. The lowest BCUT2D eigenvalue weighted by molar-refractivity contribution is 0.397. The van der Waals surface area contributed by atoms with Gasteiger partial charge in [0.15, 0.2) is 0 Å². The highest BCUT2D eigenvalue weighted by Gasteiger charge is 2.14. The number of hydrogen-bond acceptors (Lipinski definition) is 6. The fourth-order valence-electron chi connectivity index (χ4n) is 2.65. The second-order valence-corrected chi connectivity index (χ2v) is 6.87. The van der Waals surface area contributed by atoms with E-state index in [0.29, 0.717) is 5.75 Å². The zero-order chi connectivity index (χ0) is 17.9. The Bertz CT molecular complexity index is 1030. The molecule has 4 aromatic rings. The van der Waals surface area contributed by atoms with Crippen molar-refractivity contribution in [3.8, 4) is 16.9 Å². The maximum Gasteiger partial charge on any atom is 0.214 e. The van der Waals surface area contributed by atoms with Crippen LogP contribution in [-0.4, -0.2) is 25.4 Å². The molecule has 0 saturated heterocycles. The Morgan fingerprint density at radius 1 is 1.04 bits per heavy atom. The minimum atomic E-state index is 0.602. The van der Waals surface area contributed by atoms with Gasteiger partial charge in [-0.25, -0.2) is 0 Å². The van der Waals surface area contributed by atoms with E-state index in [9.17, 15) is 0 Å². The molecule has 6 nitrogen and oxygen atoms in total. The molecule has 0 spiro atoms. The van der Waals surface area contributed by atoms with Gasteiger partial charge in [-0.05, 0) is 41.5 Å². The van der Waals surface area contributed by atoms with Crippen LogP contribution in [0.25, 0.3) is 16.9 Å². The Morgan fingerprint density at radius 2 is 1.88 bits per heavy atom. The first kappa shape index (κ1) is 16.5. The van der Waals surface area contributed by atoms with E-state index in [-0.39, 0.29) is 0 Å². The van der Waals surface area contributed by atoms with Crippen molar-refractivity contribution in [3.63, 3.8) is 0 Å². The molecule has 7 heteroatoms. The maximum atomic E-state index is 5.46. The van der Waals surface area contributed by atoms with E-state index in [2.05, 4.69) is 40.6 Å². The molecule has 0 fully saturated rings. The number of rotatable bonds is 5. The van der Waals surface area contributed by atoms with Gasteiger partial charge in [-0.2, -0.15) is 4.68 Å². The first-order valence-electron chi connectivity index (χ1n) is 8.21. The summed E-state index contributed by atoms with van der Waals surface area (Å²) in [5.41, 5.74) is 5.22. The number of hydrogen-bond donors (Lipinski definition) is 0. The Balaban J connectivity index is 1.53. The van der Waals surface area contributed by atoms with Crippen LogP contribution < -0.4 is 0 Å². The SMILES string of the molecule is Cc1cccc(-n2nnnc2SCc2cc(-c3ccccc3)no2)c1C. The summed E-state index contributed by atoms with van der Waals surface area (Å²) < 4.78 is 7.22. The van der Waals surface area contributed by atoms with Crippen LogP contribution in [0.5, 0.6) is 0 Å². The smallest absolute Gasteiger partial charge is 0.214 e. The van der Waals surface area contributed by atoms with E-state index in [1.165, 1.54) is 17.3 Å².